The van der Waals surface area contributed by atoms with Gasteiger partial charge in [-0.1, -0.05) is 0 Å². The molecule has 7 heteroatoms. The topological polar surface area (TPSA) is 91.3 Å². The van der Waals surface area contributed by atoms with Crippen molar-refractivity contribution in [3.05, 3.63) is 46.1 Å². The SMILES string of the molecule is COc1cc(/C=C/c2ccc([N+](=O)[O-])o2)ncn1. The maximum atomic E-state index is 10.4. The van der Waals surface area contributed by atoms with Crippen molar-refractivity contribution in [3.8, 4) is 5.88 Å². The van der Waals surface area contributed by atoms with Crippen LogP contribution in [0.3, 0.4) is 0 Å². The fraction of sp³-hybridized carbons (Fsp3) is 0.0909. The molecule has 0 aliphatic heterocycles. The first-order valence-corrected chi connectivity index (χ1v) is 4.97. The third-order valence-corrected chi connectivity index (χ3v) is 2.08. The van der Waals surface area contributed by atoms with Gasteiger partial charge in [0, 0.05) is 6.07 Å². The van der Waals surface area contributed by atoms with Gasteiger partial charge in [-0.3, -0.25) is 10.1 Å². The smallest absolute Gasteiger partial charge is 0.433 e. The second-order valence-corrected chi connectivity index (χ2v) is 3.25. The van der Waals surface area contributed by atoms with Gasteiger partial charge in [-0.15, -0.1) is 0 Å². The van der Waals surface area contributed by atoms with Gasteiger partial charge in [-0.05, 0) is 18.2 Å². The third-order valence-electron chi connectivity index (χ3n) is 2.08. The van der Waals surface area contributed by atoms with Crippen LogP contribution in [0.1, 0.15) is 11.5 Å². The second-order valence-electron chi connectivity index (χ2n) is 3.25. The molecule has 0 bridgehead atoms. The fourth-order valence-electron chi connectivity index (χ4n) is 1.25. The molecule has 0 fully saturated rings. The molecule has 2 aromatic heterocycles. The number of nitro groups is 1. The van der Waals surface area contributed by atoms with E-state index in [1.807, 2.05) is 0 Å². The summed E-state index contributed by atoms with van der Waals surface area (Å²) in [6.07, 6.45) is 4.59. The molecule has 0 spiro atoms. The molecule has 0 aliphatic rings. The summed E-state index contributed by atoms with van der Waals surface area (Å²) in [6.45, 7) is 0. The summed E-state index contributed by atoms with van der Waals surface area (Å²) in [5, 5.41) is 10.4. The van der Waals surface area contributed by atoms with Crippen LogP contribution < -0.4 is 4.74 Å². The average molecular weight is 247 g/mol. The number of aromatic nitrogens is 2. The Kier molecular flexibility index (Phi) is 3.33. The van der Waals surface area contributed by atoms with Crippen LogP contribution in [0.4, 0.5) is 5.88 Å². The number of hydrogen-bond donors (Lipinski definition) is 0. The molecule has 0 unspecified atom stereocenters. The maximum Gasteiger partial charge on any atom is 0.433 e. The van der Waals surface area contributed by atoms with E-state index < -0.39 is 4.92 Å². The standard InChI is InChI=1S/C11H9N3O4/c1-17-10-6-8(12-7-13-10)2-3-9-4-5-11(18-9)14(15)16/h2-7H,1H3/b3-2+. The number of rotatable bonds is 4. The first-order chi connectivity index (χ1) is 8.69. The lowest BCUT2D eigenvalue weighted by Crippen LogP contribution is -1.89. The van der Waals surface area contributed by atoms with Crippen molar-refractivity contribution in [2.75, 3.05) is 7.11 Å². The summed E-state index contributed by atoms with van der Waals surface area (Å²) in [4.78, 5) is 17.7. The Balaban J connectivity index is 2.16. The highest BCUT2D eigenvalue weighted by atomic mass is 16.6. The Hall–Kier alpha value is -2.70. The van der Waals surface area contributed by atoms with Gasteiger partial charge in [0.2, 0.25) is 5.88 Å². The van der Waals surface area contributed by atoms with E-state index >= 15 is 0 Å². The minimum Gasteiger partial charge on any atom is -0.481 e. The monoisotopic (exact) mass is 247 g/mol. The highest BCUT2D eigenvalue weighted by Crippen LogP contribution is 2.17. The largest absolute Gasteiger partial charge is 0.481 e. The van der Waals surface area contributed by atoms with Crippen LogP contribution >= 0.6 is 0 Å². The molecule has 2 aromatic rings. The Morgan fingerprint density at radius 1 is 1.39 bits per heavy atom. The molecule has 2 rings (SSSR count). The van der Waals surface area contributed by atoms with Crippen molar-refractivity contribution in [2.45, 2.75) is 0 Å². The number of methoxy groups -OCH3 is 1. The molecule has 0 atom stereocenters. The van der Waals surface area contributed by atoms with Crippen molar-refractivity contribution in [1.29, 1.82) is 0 Å². The summed E-state index contributed by atoms with van der Waals surface area (Å²) < 4.78 is 9.91. The summed E-state index contributed by atoms with van der Waals surface area (Å²) in [5.41, 5.74) is 0.612. The summed E-state index contributed by atoms with van der Waals surface area (Å²) >= 11 is 0. The quantitative estimate of drug-likeness (QED) is 0.607. The molecule has 0 radical (unpaired) electrons. The normalized spacial score (nSPS) is 10.7. The highest BCUT2D eigenvalue weighted by Gasteiger charge is 2.09. The molecule has 0 saturated heterocycles. The molecule has 0 saturated carbocycles. The number of nitrogens with zero attached hydrogens (tertiary/aromatic N) is 3. The van der Waals surface area contributed by atoms with Gasteiger partial charge in [0.15, 0.2) is 0 Å². The minimum atomic E-state index is -0.592. The highest BCUT2D eigenvalue weighted by molar-refractivity contribution is 5.66. The van der Waals surface area contributed by atoms with Gasteiger partial charge in [-0.2, -0.15) is 0 Å². The Labute approximate surface area is 102 Å². The predicted octanol–water partition coefficient (Wildman–Crippen LogP) is 2.16. The van der Waals surface area contributed by atoms with Gasteiger partial charge in [0.1, 0.15) is 17.0 Å². The van der Waals surface area contributed by atoms with E-state index in [9.17, 15) is 10.1 Å². The van der Waals surface area contributed by atoms with Crippen LogP contribution in [0.5, 0.6) is 5.88 Å². The van der Waals surface area contributed by atoms with E-state index in [1.54, 1.807) is 18.2 Å². The lowest BCUT2D eigenvalue weighted by Gasteiger charge is -1.97. The number of ether oxygens (including phenoxy) is 1. The van der Waals surface area contributed by atoms with Crippen LogP contribution in [-0.2, 0) is 0 Å². The zero-order chi connectivity index (χ0) is 13.0. The molecule has 7 nitrogen and oxygen atoms in total. The van der Waals surface area contributed by atoms with Crippen LogP contribution in [0.2, 0.25) is 0 Å². The van der Waals surface area contributed by atoms with E-state index in [-0.39, 0.29) is 5.88 Å². The van der Waals surface area contributed by atoms with E-state index in [4.69, 9.17) is 9.15 Å². The third kappa shape index (κ3) is 2.70. The van der Waals surface area contributed by atoms with Gasteiger partial charge < -0.3 is 9.15 Å². The van der Waals surface area contributed by atoms with Gasteiger partial charge in [0.25, 0.3) is 0 Å². The summed E-state index contributed by atoms with van der Waals surface area (Å²) in [6, 6.07) is 4.43. The Morgan fingerprint density at radius 3 is 2.89 bits per heavy atom. The van der Waals surface area contributed by atoms with E-state index in [0.29, 0.717) is 17.3 Å². The predicted molar refractivity (Wildman–Crippen MR) is 62.9 cm³/mol. The maximum absolute atomic E-state index is 10.4. The molecule has 18 heavy (non-hydrogen) atoms. The number of hydrogen-bond acceptors (Lipinski definition) is 6. The molecule has 0 aliphatic carbocycles. The second kappa shape index (κ2) is 5.09. The van der Waals surface area contributed by atoms with Gasteiger partial charge in [-0.25, -0.2) is 9.97 Å². The zero-order valence-electron chi connectivity index (χ0n) is 9.44. The lowest BCUT2D eigenvalue weighted by molar-refractivity contribution is -0.402. The number of furan rings is 1. The fourth-order valence-corrected chi connectivity index (χ4v) is 1.25. The Morgan fingerprint density at radius 2 is 2.22 bits per heavy atom. The van der Waals surface area contributed by atoms with Crippen molar-refractivity contribution in [3.63, 3.8) is 0 Å². The molecule has 92 valence electrons. The van der Waals surface area contributed by atoms with Gasteiger partial charge in [0.05, 0.1) is 18.9 Å². The Bertz CT molecular complexity index is 591. The van der Waals surface area contributed by atoms with Crippen LogP contribution in [0.15, 0.2) is 28.9 Å². The van der Waals surface area contributed by atoms with Crippen molar-refractivity contribution < 1.29 is 14.1 Å². The van der Waals surface area contributed by atoms with Crippen molar-refractivity contribution >= 4 is 18.0 Å². The van der Waals surface area contributed by atoms with Crippen LogP contribution in [0.25, 0.3) is 12.2 Å². The molecular formula is C11H9N3O4. The van der Waals surface area contributed by atoms with Gasteiger partial charge >= 0.3 is 5.88 Å². The molecule has 0 amide bonds. The van der Waals surface area contributed by atoms with E-state index in [0.717, 1.165) is 0 Å². The molecule has 0 aromatic carbocycles. The average Bonchev–Trinajstić information content (AvgIpc) is 2.85. The first kappa shape index (κ1) is 11.8. The van der Waals surface area contributed by atoms with Crippen LogP contribution in [0, 0.1) is 10.1 Å². The zero-order valence-corrected chi connectivity index (χ0v) is 9.44. The lowest BCUT2D eigenvalue weighted by atomic mass is 10.3. The van der Waals surface area contributed by atoms with Crippen molar-refractivity contribution in [1.82, 2.24) is 9.97 Å². The van der Waals surface area contributed by atoms with E-state index in [2.05, 4.69) is 9.97 Å². The molecule has 2 heterocycles. The summed E-state index contributed by atoms with van der Waals surface area (Å²) in [7, 11) is 1.51. The van der Waals surface area contributed by atoms with Crippen molar-refractivity contribution in [2.24, 2.45) is 0 Å². The molecular weight excluding hydrogens is 238 g/mol. The van der Waals surface area contributed by atoms with Crippen LogP contribution in [-0.4, -0.2) is 22.0 Å². The van der Waals surface area contributed by atoms with E-state index in [1.165, 1.54) is 25.6 Å². The molecule has 0 N–H and O–H groups in total. The summed E-state index contributed by atoms with van der Waals surface area (Å²) in [5.74, 6) is 0.518. The first-order valence-electron chi connectivity index (χ1n) is 4.97. The minimum absolute atomic E-state index is 0.296.